The van der Waals surface area contributed by atoms with Crippen LogP contribution in [-0.2, 0) is 16.0 Å². The maximum atomic E-state index is 11.8. The zero-order valence-corrected chi connectivity index (χ0v) is 14.3. The van der Waals surface area contributed by atoms with Gasteiger partial charge in [0, 0.05) is 5.02 Å². The van der Waals surface area contributed by atoms with Gasteiger partial charge in [0.25, 0.3) is 5.91 Å². The molecule has 0 aliphatic rings. The first-order valence-corrected chi connectivity index (χ1v) is 7.84. The highest BCUT2D eigenvalue weighted by Crippen LogP contribution is 2.20. The minimum Gasteiger partial charge on any atom is -0.484 e. The molecule has 2 rings (SSSR count). The van der Waals surface area contributed by atoms with Crippen LogP contribution in [0.3, 0.4) is 0 Å². The minimum atomic E-state index is -0.444. The van der Waals surface area contributed by atoms with Gasteiger partial charge in [0.1, 0.15) is 5.75 Å². The van der Waals surface area contributed by atoms with E-state index in [2.05, 4.69) is 10.9 Å². The smallest absolute Gasteiger partial charge is 0.276 e. The molecule has 2 N–H and O–H groups in total. The Morgan fingerprint density at radius 2 is 1.71 bits per heavy atom. The number of halogens is 1. The number of aryl methyl sites for hydroxylation is 2. The normalized spacial score (nSPS) is 10.1. The first-order valence-electron chi connectivity index (χ1n) is 7.47. The van der Waals surface area contributed by atoms with Crippen molar-refractivity contribution in [2.24, 2.45) is 0 Å². The summed E-state index contributed by atoms with van der Waals surface area (Å²) in [6, 6.07) is 12.7. The van der Waals surface area contributed by atoms with Gasteiger partial charge < -0.3 is 4.74 Å². The average molecular weight is 347 g/mol. The van der Waals surface area contributed by atoms with Gasteiger partial charge in [0.2, 0.25) is 5.91 Å². The van der Waals surface area contributed by atoms with E-state index in [1.807, 2.05) is 38.1 Å². The van der Waals surface area contributed by atoms with Crippen molar-refractivity contribution < 1.29 is 14.3 Å². The predicted molar refractivity (Wildman–Crippen MR) is 92.9 cm³/mol. The van der Waals surface area contributed by atoms with E-state index < -0.39 is 5.91 Å². The molecule has 2 amide bonds. The summed E-state index contributed by atoms with van der Waals surface area (Å²) in [6.07, 6.45) is 0.199. The second-order valence-corrected chi connectivity index (χ2v) is 5.81. The van der Waals surface area contributed by atoms with E-state index in [0.29, 0.717) is 10.8 Å². The molecule has 2 aromatic rings. The Labute approximate surface area is 145 Å². The van der Waals surface area contributed by atoms with Gasteiger partial charge >= 0.3 is 0 Å². The summed E-state index contributed by atoms with van der Waals surface area (Å²) in [4.78, 5) is 23.6. The predicted octanol–water partition coefficient (Wildman–Crippen LogP) is 2.73. The fourth-order valence-electron chi connectivity index (χ4n) is 2.06. The highest BCUT2D eigenvalue weighted by atomic mass is 35.5. The van der Waals surface area contributed by atoms with Crippen LogP contribution in [0.5, 0.6) is 5.75 Å². The summed E-state index contributed by atoms with van der Waals surface area (Å²) < 4.78 is 5.35. The Balaban J connectivity index is 1.75. The van der Waals surface area contributed by atoms with Crippen molar-refractivity contribution >= 4 is 23.4 Å². The first-order chi connectivity index (χ1) is 11.5. The van der Waals surface area contributed by atoms with Crippen molar-refractivity contribution in [3.8, 4) is 5.75 Å². The Kier molecular flexibility index (Phi) is 6.21. The Morgan fingerprint density at radius 3 is 2.42 bits per heavy atom. The van der Waals surface area contributed by atoms with Gasteiger partial charge in [0.05, 0.1) is 6.42 Å². The molecule has 5 nitrogen and oxygen atoms in total. The molecule has 0 saturated heterocycles. The van der Waals surface area contributed by atoms with Gasteiger partial charge in [-0.2, -0.15) is 0 Å². The lowest BCUT2D eigenvalue weighted by Gasteiger charge is -2.10. The number of carbonyl (C=O) groups is 2. The average Bonchev–Trinajstić information content (AvgIpc) is 2.56. The third-order valence-electron chi connectivity index (χ3n) is 3.45. The van der Waals surface area contributed by atoms with Crippen LogP contribution < -0.4 is 15.6 Å². The van der Waals surface area contributed by atoms with Crippen LogP contribution in [0, 0.1) is 13.8 Å². The highest BCUT2D eigenvalue weighted by molar-refractivity contribution is 6.31. The molecule has 0 heterocycles. The summed E-state index contributed by atoms with van der Waals surface area (Å²) in [6.45, 7) is 3.58. The molecule has 0 aliphatic heterocycles. The SMILES string of the molecule is Cc1cc(OCC(=O)NNC(=O)Cc2ccccc2C)ccc1Cl. The number of ether oxygens (including phenoxy) is 1. The monoisotopic (exact) mass is 346 g/mol. The molecule has 0 aliphatic carbocycles. The van der Waals surface area contributed by atoms with Crippen molar-refractivity contribution in [2.45, 2.75) is 20.3 Å². The zero-order chi connectivity index (χ0) is 17.5. The molecule has 0 unspecified atom stereocenters. The van der Waals surface area contributed by atoms with Crippen molar-refractivity contribution in [2.75, 3.05) is 6.61 Å². The van der Waals surface area contributed by atoms with Crippen LogP contribution in [-0.4, -0.2) is 18.4 Å². The van der Waals surface area contributed by atoms with E-state index >= 15 is 0 Å². The number of nitrogens with one attached hydrogen (secondary N) is 2. The van der Waals surface area contributed by atoms with Crippen molar-refractivity contribution in [1.82, 2.24) is 10.9 Å². The maximum absolute atomic E-state index is 11.8. The summed E-state index contributed by atoms with van der Waals surface area (Å²) in [5, 5.41) is 0.635. The largest absolute Gasteiger partial charge is 0.484 e. The molecule has 0 fully saturated rings. The van der Waals surface area contributed by atoms with Crippen LogP contribution in [0.25, 0.3) is 0 Å². The summed E-state index contributed by atoms with van der Waals surface area (Å²) in [7, 11) is 0. The third-order valence-corrected chi connectivity index (χ3v) is 3.88. The van der Waals surface area contributed by atoms with Crippen LogP contribution in [0.4, 0.5) is 0 Å². The first kappa shape index (κ1) is 17.8. The number of rotatable bonds is 5. The summed E-state index contributed by atoms with van der Waals surface area (Å²) in [5.74, 6) is -0.195. The van der Waals surface area contributed by atoms with Gasteiger partial charge in [-0.1, -0.05) is 35.9 Å². The van der Waals surface area contributed by atoms with E-state index in [9.17, 15) is 9.59 Å². The Bertz CT molecular complexity index is 747. The molecule has 0 bridgehead atoms. The lowest BCUT2D eigenvalue weighted by atomic mass is 10.1. The molecule has 0 radical (unpaired) electrons. The van der Waals surface area contributed by atoms with Crippen LogP contribution in [0.2, 0.25) is 5.02 Å². The lowest BCUT2D eigenvalue weighted by molar-refractivity contribution is -0.129. The van der Waals surface area contributed by atoms with Crippen molar-refractivity contribution in [3.63, 3.8) is 0 Å². The lowest BCUT2D eigenvalue weighted by Crippen LogP contribution is -2.44. The van der Waals surface area contributed by atoms with Gasteiger partial charge in [-0.3, -0.25) is 20.4 Å². The van der Waals surface area contributed by atoms with Gasteiger partial charge in [-0.15, -0.1) is 0 Å². The second kappa shape index (κ2) is 8.36. The molecule has 0 spiro atoms. The third kappa shape index (κ3) is 5.28. The van der Waals surface area contributed by atoms with Gasteiger partial charge in [-0.25, -0.2) is 0 Å². The number of carbonyl (C=O) groups excluding carboxylic acids is 2. The van der Waals surface area contributed by atoms with E-state index in [1.54, 1.807) is 18.2 Å². The summed E-state index contributed by atoms with van der Waals surface area (Å²) >= 11 is 5.92. The van der Waals surface area contributed by atoms with Gasteiger partial charge in [-0.05, 0) is 48.7 Å². The fraction of sp³-hybridized carbons (Fsp3) is 0.222. The number of hydrogen-bond donors (Lipinski definition) is 2. The molecule has 0 aromatic heterocycles. The zero-order valence-electron chi connectivity index (χ0n) is 13.6. The molecule has 0 saturated carbocycles. The molecule has 2 aromatic carbocycles. The van der Waals surface area contributed by atoms with E-state index in [-0.39, 0.29) is 18.9 Å². The van der Waals surface area contributed by atoms with Crippen LogP contribution in [0.15, 0.2) is 42.5 Å². The van der Waals surface area contributed by atoms with Crippen molar-refractivity contribution in [3.05, 3.63) is 64.2 Å². The van der Waals surface area contributed by atoms with Crippen LogP contribution in [0.1, 0.15) is 16.7 Å². The Morgan fingerprint density at radius 1 is 1.00 bits per heavy atom. The van der Waals surface area contributed by atoms with Crippen LogP contribution >= 0.6 is 11.6 Å². The fourth-order valence-corrected chi connectivity index (χ4v) is 2.17. The minimum absolute atomic E-state index is 0.199. The number of hydrazine groups is 1. The topological polar surface area (TPSA) is 67.4 Å². The van der Waals surface area contributed by atoms with E-state index in [4.69, 9.17) is 16.3 Å². The number of benzene rings is 2. The molecule has 24 heavy (non-hydrogen) atoms. The van der Waals surface area contributed by atoms with Crippen molar-refractivity contribution in [1.29, 1.82) is 0 Å². The van der Waals surface area contributed by atoms with E-state index in [0.717, 1.165) is 16.7 Å². The highest BCUT2D eigenvalue weighted by Gasteiger charge is 2.08. The molecule has 0 atom stereocenters. The number of hydrogen-bond acceptors (Lipinski definition) is 3. The standard InChI is InChI=1S/C18H19ClN2O3/c1-12-5-3-4-6-14(12)10-17(22)20-21-18(23)11-24-15-7-8-16(19)13(2)9-15/h3-9H,10-11H2,1-2H3,(H,20,22)(H,21,23). The quantitative estimate of drug-likeness (QED) is 0.818. The van der Waals surface area contributed by atoms with Gasteiger partial charge in [0.15, 0.2) is 6.61 Å². The second-order valence-electron chi connectivity index (χ2n) is 5.40. The maximum Gasteiger partial charge on any atom is 0.276 e. The molecule has 126 valence electrons. The Hall–Kier alpha value is -2.53. The molecular weight excluding hydrogens is 328 g/mol. The summed E-state index contributed by atoms with van der Waals surface area (Å²) in [5.41, 5.74) is 7.51. The van der Waals surface area contributed by atoms with E-state index in [1.165, 1.54) is 0 Å². The molecule has 6 heteroatoms. The number of amides is 2. The molecular formula is C18H19ClN2O3.